The number of nitrogens with zero attached hydrogens (tertiary/aromatic N) is 1. The van der Waals surface area contributed by atoms with Crippen LogP contribution >= 0.6 is 12.4 Å². The highest BCUT2D eigenvalue weighted by Gasteiger charge is 2.36. The van der Waals surface area contributed by atoms with Gasteiger partial charge in [0.25, 0.3) is 0 Å². The van der Waals surface area contributed by atoms with Gasteiger partial charge in [-0.05, 0) is 44.8 Å². The van der Waals surface area contributed by atoms with Crippen LogP contribution in [0.25, 0.3) is 0 Å². The molecular formula is C19H31ClN4O5S. The molecule has 2 atom stereocenters. The van der Waals surface area contributed by atoms with Crippen LogP contribution in [0.15, 0.2) is 23.4 Å². The van der Waals surface area contributed by atoms with Crippen LogP contribution < -0.4 is 21.5 Å². The smallest absolute Gasteiger partial charge is 0.335 e. The Labute approximate surface area is 183 Å². The molecule has 0 amide bonds. The Bertz CT molecular complexity index is 885. The van der Waals surface area contributed by atoms with E-state index in [4.69, 9.17) is 16.2 Å². The second-order valence-corrected chi connectivity index (χ2v) is 10.2. The number of benzene rings is 1. The number of sulfone groups is 1. The predicted molar refractivity (Wildman–Crippen MR) is 118 cm³/mol. The van der Waals surface area contributed by atoms with E-state index in [-0.39, 0.29) is 37.3 Å². The normalized spacial score (nSPS) is 18.2. The molecule has 2 unspecified atom stereocenters. The lowest BCUT2D eigenvalue weighted by atomic mass is 9.89. The third-order valence-corrected chi connectivity index (χ3v) is 6.03. The van der Waals surface area contributed by atoms with Gasteiger partial charge in [0, 0.05) is 30.7 Å². The van der Waals surface area contributed by atoms with Crippen LogP contribution in [-0.4, -0.2) is 37.6 Å². The third-order valence-electron chi connectivity index (χ3n) is 4.63. The van der Waals surface area contributed by atoms with E-state index in [2.05, 4.69) is 15.3 Å². The van der Waals surface area contributed by atoms with E-state index in [0.717, 1.165) is 16.9 Å². The number of oxime groups is 1. The first-order valence-corrected chi connectivity index (χ1v) is 11.4. The predicted octanol–water partition coefficient (Wildman–Crippen LogP) is 1.88. The molecule has 9 nitrogen and oxygen atoms in total. The van der Waals surface area contributed by atoms with Crippen LogP contribution in [0.1, 0.15) is 56.7 Å². The van der Waals surface area contributed by atoms with Gasteiger partial charge in [-0.15, -0.1) is 12.4 Å². The quantitative estimate of drug-likeness (QED) is 0.229. The van der Waals surface area contributed by atoms with Crippen molar-refractivity contribution in [3.63, 3.8) is 0 Å². The number of rotatable bonds is 8. The summed E-state index contributed by atoms with van der Waals surface area (Å²) in [6.45, 7) is 5.92. The molecule has 0 saturated carbocycles. The number of hydrogen-bond donors (Lipinski definition) is 3. The largest absolute Gasteiger partial charge is 0.487 e. The fraction of sp³-hybridized carbons (Fsp3) is 0.579. The maximum Gasteiger partial charge on any atom is 0.335 e. The Morgan fingerprint density at radius 1 is 1.40 bits per heavy atom. The number of halogens is 1. The summed E-state index contributed by atoms with van der Waals surface area (Å²) in [4.78, 5) is 16.1. The number of nitrogens with two attached hydrogens (primary N) is 2. The standard InChI is InChI=1S/C19H30N4O5S.ClH/c1-12-8-9-15-13(10-12)14(11-19(2,3)27-15)22-16(29(4,25)26)6-5-7-17(24)28-23-18(20)21;/h8-10,14,16,22H,5-7,11H2,1-4H3,(H4,20,21,23);1H. The number of carbonyl (C=O) groups is 1. The Morgan fingerprint density at radius 3 is 2.67 bits per heavy atom. The van der Waals surface area contributed by atoms with E-state index in [9.17, 15) is 13.2 Å². The Kier molecular flexibility index (Phi) is 8.94. The molecule has 2 rings (SSSR count). The van der Waals surface area contributed by atoms with Crippen molar-refractivity contribution in [3.05, 3.63) is 29.3 Å². The number of fused-ring (bicyclic) bond motifs is 1. The van der Waals surface area contributed by atoms with Crippen LogP contribution in [-0.2, 0) is 19.5 Å². The van der Waals surface area contributed by atoms with E-state index >= 15 is 0 Å². The molecule has 0 aromatic heterocycles. The summed E-state index contributed by atoms with van der Waals surface area (Å²) < 4.78 is 30.8. The maximum absolute atomic E-state index is 12.4. The summed E-state index contributed by atoms with van der Waals surface area (Å²) in [5.41, 5.74) is 11.8. The number of guanidine groups is 1. The van der Waals surface area contributed by atoms with Crippen molar-refractivity contribution in [3.8, 4) is 5.75 Å². The molecule has 0 bridgehead atoms. The summed E-state index contributed by atoms with van der Waals surface area (Å²) in [7, 11) is -3.41. The Hall–Kier alpha value is -2.04. The van der Waals surface area contributed by atoms with Gasteiger partial charge in [-0.2, -0.15) is 0 Å². The minimum Gasteiger partial charge on any atom is -0.487 e. The topological polar surface area (TPSA) is 146 Å². The SMILES string of the molecule is Cc1ccc2c(c1)C(NC(CCCC(=O)ON=C(N)N)S(C)(=O)=O)CC(C)(C)O2.Cl. The summed E-state index contributed by atoms with van der Waals surface area (Å²) in [5.74, 6) is -0.235. The molecule has 1 heterocycles. The molecule has 170 valence electrons. The number of aryl methyl sites for hydroxylation is 1. The van der Waals surface area contributed by atoms with Crippen molar-refractivity contribution in [2.24, 2.45) is 16.6 Å². The van der Waals surface area contributed by atoms with Gasteiger partial charge in [0.05, 0.1) is 0 Å². The zero-order chi connectivity index (χ0) is 21.8. The zero-order valence-corrected chi connectivity index (χ0v) is 19.3. The average molecular weight is 463 g/mol. The Morgan fingerprint density at radius 2 is 2.07 bits per heavy atom. The van der Waals surface area contributed by atoms with Gasteiger partial charge < -0.3 is 21.0 Å². The van der Waals surface area contributed by atoms with Crippen LogP contribution in [0.3, 0.4) is 0 Å². The van der Waals surface area contributed by atoms with E-state index < -0.39 is 26.8 Å². The van der Waals surface area contributed by atoms with E-state index in [1.165, 1.54) is 6.26 Å². The highest BCUT2D eigenvalue weighted by molar-refractivity contribution is 7.91. The van der Waals surface area contributed by atoms with Crippen molar-refractivity contribution in [2.75, 3.05) is 6.26 Å². The van der Waals surface area contributed by atoms with Crippen molar-refractivity contribution in [2.45, 2.75) is 63.5 Å². The molecule has 1 aromatic carbocycles. The van der Waals surface area contributed by atoms with Gasteiger partial charge in [0.2, 0.25) is 5.96 Å². The third kappa shape index (κ3) is 7.66. The number of carbonyl (C=O) groups excluding carboxylic acids is 1. The van der Waals surface area contributed by atoms with Gasteiger partial charge >= 0.3 is 5.97 Å². The lowest BCUT2D eigenvalue weighted by Crippen LogP contribution is -2.45. The van der Waals surface area contributed by atoms with Gasteiger partial charge in [-0.25, -0.2) is 13.2 Å². The van der Waals surface area contributed by atoms with Crippen LogP contribution in [0.2, 0.25) is 0 Å². The molecule has 11 heteroatoms. The molecule has 30 heavy (non-hydrogen) atoms. The highest BCUT2D eigenvalue weighted by Crippen LogP contribution is 2.40. The number of ether oxygens (including phenoxy) is 1. The molecule has 5 N–H and O–H groups in total. The van der Waals surface area contributed by atoms with Gasteiger partial charge in [-0.3, -0.25) is 5.32 Å². The molecule has 1 aromatic rings. The van der Waals surface area contributed by atoms with Crippen LogP contribution in [0, 0.1) is 6.92 Å². The van der Waals surface area contributed by atoms with E-state index in [1.54, 1.807) is 0 Å². The molecule has 0 spiro atoms. The second-order valence-electron chi connectivity index (χ2n) is 8.02. The van der Waals surface area contributed by atoms with Crippen molar-refractivity contribution in [1.29, 1.82) is 0 Å². The molecular weight excluding hydrogens is 432 g/mol. The lowest BCUT2D eigenvalue weighted by molar-refractivity contribution is -0.143. The van der Waals surface area contributed by atoms with Crippen molar-refractivity contribution < 1.29 is 22.8 Å². The van der Waals surface area contributed by atoms with Gasteiger partial charge in [-0.1, -0.05) is 17.7 Å². The first kappa shape index (κ1) is 26.0. The summed E-state index contributed by atoms with van der Waals surface area (Å²) >= 11 is 0. The molecule has 0 radical (unpaired) electrons. The lowest BCUT2D eigenvalue weighted by Gasteiger charge is -2.39. The summed E-state index contributed by atoms with van der Waals surface area (Å²) in [6.07, 6.45) is 2.34. The zero-order valence-electron chi connectivity index (χ0n) is 17.7. The molecule has 1 aliphatic rings. The summed E-state index contributed by atoms with van der Waals surface area (Å²) in [6, 6.07) is 5.69. The van der Waals surface area contributed by atoms with Gasteiger partial charge in [0.1, 0.15) is 16.7 Å². The second kappa shape index (κ2) is 10.3. The Balaban J connectivity index is 0.00000450. The van der Waals surface area contributed by atoms with Crippen LogP contribution in [0.4, 0.5) is 0 Å². The molecule has 1 aliphatic heterocycles. The number of hydrogen-bond acceptors (Lipinski definition) is 7. The fourth-order valence-electron chi connectivity index (χ4n) is 3.35. The van der Waals surface area contributed by atoms with E-state index in [0.29, 0.717) is 12.8 Å². The van der Waals surface area contributed by atoms with Gasteiger partial charge in [0.15, 0.2) is 9.84 Å². The molecule has 0 fully saturated rings. The van der Waals surface area contributed by atoms with E-state index in [1.807, 2.05) is 39.0 Å². The molecule has 0 aliphatic carbocycles. The van der Waals surface area contributed by atoms with Crippen LogP contribution in [0.5, 0.6) is 5.75 Å². The highest BCUT2D eigenvalue weighted by atomic mass is 35.5. The number of nitrogens with one attached hydrogen (secondary N) is 1. The summed E-state index contributed by atoms with van der Waals surface area (Å²) in [5, 5.41) is 5.65. The average Bonchev–Trinajstić information content (AvgIpc) is 2.58. The maximum atomic E-state index is 12.4. The fourth-order valence-corrected chi connectivity index (χ4v) is 4.36. The monoisotopic (exact) mass is 462 g/mol. The minimum absolute atomic E-state index is 0. The minimum atomic E-state index is -3.41. The first-order valence-electron chi connectivity index (χ1n) is 9.40. The van der Waals surface area contributed by atoms with Crippen molar-refractivity contribution >= 4 is 34.2 Å². The molecule has 0 saturated heterocycles. The first-order chi connectivity index (χ1) is 13.4. The van der Waals surface area contributed by atoms with Crippen molar-refractivity contribution in [1.82, 2.24) is 5.32 Å².